The van der Waals surface area contributed by atoms with E-state index in [1.165, 1.54) is 11.3 Å². The van der Waals surface area contributed by atoms with E-state index in [4.69, 9.17) is 5.11 Å². The molecular formula is C13H15N3O3S. The molecule has 6 nitrogen and oxygen atoms in total. The van der Waals surface area contributed by atoms with Crippen LogP contribution in [0.2, 0.25) is 0 Å². The van der Waals surface area contributed by atoms with Gasteiger partial charge in [0.05, 0.1) is 10.2 Å². The molecule has 1 heterocycles. The standard InChI is InChI=1S/C13H15N3O3S/c1-3-8(11(17)18)14-12(19)16-13-15-9-5-4-7(2)6-10(9)20-13/h4-6,8H,3H2,1-2H3,(H,17,18)(H2,14,15,16,19)/t8-/m0/s1. The Hall–Kier alpha value is -2.15. The highest BCUT2D eigenvalue weighted by Gasteiger charge is 2.18. The fourth-order valence-electron chi connectivity index (χ4n) is 1.72. The number of hydrogen-bond donors (Lipinski definition) is 3. The second kappa shape index (κ2) is 5.87. The molecule has 2 rings (SSSR count). The van der Waals surface area contributed by atoms with Gasteiger partial charge in [0.2, 0.25) is 0 Å². The maximum absolute atomic E-state index is 11.7. The van der Waals surface area contributed by atoms with Gasteiger partial charge in [0, 0.05) is 0 Å². The Morgan fingerprint density at radius 2 is 2.20 bits per heavy atom. The van der Waals surface area contributed by atoms with Crippen molar-refractivity contribution in [1.29, 1.82) is 0 Å². The van der Waals surface area contributed by atoms with Crippen LogP contribution < -0.4 is 10.6 Å². The number of aryl methyl sites for hydroxylation is 1. The summed E-state index contributed by atoms with van der Waals surface area (Å²) in [6, 6.07) is 4.36. The third-order valence-electron chi connectivity index (χ3n) is 2.78. The first-order chi connectivity index (χ1) is 9.49. The number of urea groups is 1. The SMILES string of the molecule is CC[C@H](NC(=O)Nc1nc2ccc(C)cc2s1)C(=O)O. The van der Waals surface area contributed by atoms with Crippen molar-refractivity contribution < 1.29 is 14.7 Å². The summed E-state index contributed by atoms with van der Waals surface area (Å²) in [5, 5.41) is 14.3. The number of carboxylic acid groups (broad SMARTS) is 1. The zero-order valence-corrected chi connectivity index (χ0v) is 12.0. The fraction of sp³-hybridized carbons (Fsp3) is 0.308. The molecule has 1 aromatic carbocycles. The number of benzene rings is 1. The summed E-state index contributed by atoms with van der Waals surface area (Å²) in [6.45, 7) is 3.68. The summed E-state index contributed by atoms with van der Waals surface area (Å²) >= 11 is 1.35. The van der Waals surface area contributed by atoms with E-state index in [0.29, 0.717) is 11.6 Å². The fourth-order valence-corrected chi connectivity index (χ4v) is 2.67. The topological polar surface area (TPSA) is 91.3 Å². The van der Waals surface area contributed by atoms with Crippen molar-refractivity contribution in [2.75, 3.05) is 5.32 Å². The van der Waals surface area contributed by atoms with Crippen molar-refractivity contribution in [3.05, 3.63) is 23.8 Å². The van der Waals surface area contributed by atoms with Crippen LogP contribution in [0.25, 0.3) is 10.2 Å². The largest absolute Gasteiger partial charge is 0.480 e. The van der Waals surface area contributed by atoms with Crippen molar-refractivity contribution in [2.24, 2.45) is 0 Å². The number of carbonyl (C=O) groups excluding carboxylic acids is 1. The number of thiazole rings is 1. The first-order valence-electron chi connectivity index (χ1n) is 6.17. The number of aliphatic carboxylic acids is 1. The molecule has 20 heavy (non-hydrogen) atoms. The lowest BCUT2D eigenvalue weighted by Gasteiger charge is -2.11. The van der Waals surface area contributed by atoms with Crippen LogP contribution in [-0.4, -0.2) is 28.1 Å². The van der Waals surface area contributed by atoms with E-state index in [0.717, 1.165) is 15.8 Å². The second-order valence-electron chi connectivity index (χ2n) is 4.39. The van der Waals surface area contributed by atoms with Gasteiger partial charge in [0.1, 0.15) is 6.04 Å². The predicted molar refractivity (Wildman–Crippen MR) is 78.2 cm³/mol. The Balaban J connectivity index is 2.08. The predicted octanol–water partition coefficient (Wildman–Crippen LogP) is 2.59. The number of nitrogens with one attached hydrogen (secondary N) is 2. The van der Waals surface area contributed by atoms with E-state index < -0.39 is 18.0 Å². The Labute approximate surface area is 119 Å². The van der Waals surface area contributed by atoms with Gasteiger partial charge in [-0.15, -0.1) is 0 Å². The lowest BCUT2D eigenvalue weighted by molar-refractivity contribution is -0.139. The number of nitrogens with zero attached hydrogens (tertiary/aromatic N) is 1. The highest BCUT2D eigenvalue weighted by Crippen LogP contribution is 2.26. The van der Waals surface area contributed by atoms with Crippen LogP contribution in [0.15, 0.2) is 18.2 Å². The van der Waals surface area contributed by atoms with Crippen molar-refractivity contribution in [3.63, 3.8) is 0 Å². The molecule has 7 heteroatoms. The van der Waals surface area contributed by atoms with Gasteiger partial charge in [-0.1, -0.05) is 24.3 Å². The average molecular weight is 293 g/mol. The Morgan fingerprint density at radius 3 is 2.85 bits per heavy atom. The van der Waals surface area contributed by atoms with E-state index in [-0.39, 0.29) is 0 Å². The molecule has 0 aliphatic heterocycles. The number of rotatable bonds is 4. The number of anilines is 1. The Kier molecular flexibility index (Phi) is 4.19. The summed E-state index contributed by atoms with van der Waals surface area (Å²) in [4.78, 5) is 26.8. The lowest BCUT2D eigenvalue weighted by Crippen LogP contribution is -2.42. The monoisotopic (exact) mass is 293 g/mol. The van der Waals surface area contributed by atoms with Gasteiger partial charge in [-0.3, -0.25) is 5.32 Å². The van der Waals surface area contributed by atoms with Gasteiger partial charge in [-0.2, -0.15) is 0 Å². The molecule has 0 saturated carbocycles. The third-order valence-corrected chi connectivity index (χ3v) is 3.71. The van der Waals surface area contributed by atoms with E-state index in [1.54, 1.807) is 6.92 Å². The molecule has 3 N–H and O–H groups in total. The van der Waals surface area contributed by atoms with E-state index in [1.807, 2.05) is 25.1 Å². The van der Waals surface area contributed by atoms with E-state index >= 15 is 0 Å². The van der Waals surface area contributed by atoms with Gasteiger partial charge in [0.25, 0.3) is 0 Å². The molecule has 2 amide bonds. The van der Waals surface area contributed by atoms with Crippen molar-refractivity contribution in [3.8, 4) is 0 Å². The second-order valence-corrected chi connectivity index (χ2v) is 5.42. The maximum atomic E-state index is 11.7. The molecule has 0 saturated heterocycles. The van der Waals surface area contributed by atoms with Crippen LogP contribution in [0, 0.1) is 6.92 Å². The number of amides is 2. The molecule has 0 radical (unpaired) electrons. The first-order valence-corrected chi connectivity index (χ1v) is 6.98. The third kappa shape index (κ3) is 3.24. The molecule has 1 aromatic heterocycles. The summed E-state index contributed by atoms with van der Waals surface area (Å²) in [7, 11) is 0. The molecule has 2 aromatic rings. The summed E-state index contributed by atoms with van der Waals surface area (Å²) in [5.74, 6) is -1.05. The Morgan fingerprint density at radius 1 is 1.45 bits per heavy atom. The summed E-state index contributed by atoms with van der Waals surface area (Å²) < 4.78 is 0.977. The number of hydrogen-bond acceptors (Lipinski definition) is 4. The zero-order chi connectivity index (χ0) is 14.7. The first kappa shape index (κ1) is 14.3. The molecule has 0 spiro atoms. The summed E-state index contributed by atoms with van der Waals surface area (Å²) in [5.41, 5.74) is 1.93. The quantitative estimate of drug-likeness (QED) is 0.808. The maximum Gasteiger partial charge on any atom is 0.326 e. The van der Waals surface area contributed by atoms with Crippen LogP contribution >= 0.6 is 11.3 Å². The lowest BCUT2D eigenvalue weighted by atomic mass is 10.2. The molecular weight excluding hydrogens is 278 g/mol. The minimum absolute atomic E-state index is 0.321. The van der Waals surface area contributed by atoms with Gasteiger partial charge in [0.15, 0.2) is 5.13 Å². The Bertz CT molecular complexity index is 653. The van der Waals surface area contributed by atoms with Gasteiger partial charge < -0.3 is 10.4 Å². The molecule has 0 fully saturated rings. The minimum atomic E-state index is -1.05. The minimum Gasteiger partial charge on any atom is -0.480 e. The number of aromatic nitrogens is 1. The molecule has 1 atom stereocenters. The molecule has 106 valence electrons. The van der Waals surface area contributed by atoms with Crippen molar-refractivity contribution >= 4 is 38.7 Å². The van der Waals surface area contributed by atoms with Gasteiger partial charge >= 0.3 is 12.0 Å². The normalized spacial score (nSPS) is 12.1. The number of fused-ring (bicyclic) bond motifs is 1. The molecule has 0 aliphatic rings. The van der Waals surface area contributed by atoms with Crippen LogP contribution in [-0.2, 0) is 4.79 Å². The smallest absolute Gasteiger partial charge is 0.326 e. The van der Waals surface area contributed by atoms with Crippen LogP contribution in [0.5, 0.6) is 0 Å². The molecule has 0 bridgehead atoms. The zero-order valence-electron chi connectivity index (χ0n) is 11.1. The van der Waals surface area contributed by atoms with Gasteiger partial charge in [-0.05, 0) is 31.0 Å². The van der Waals surface area contributed by atoms with Crippen LogP contribution in [0.1, 0.15) is 18.9 Å². The average Bonchev–Trinajstić information content (AvgIpc) is 2.76. The van der Waals surface area contributed by atoms with E-state index in [9.17, 15) is 9.59 Å². The number of carbonyl (C=O) groups is 2. The molecule has 0 unspecified atom stereocenters. The van der Waals surface area contributed by atoms with Gasteiger partial charge in [-0.25, -0.2) is 14.6 Å². The number of carboxylic acids is 1. The van der Waals surface area contributed by atoms with Crippen molar-refractivity contribution in [2.45, 2.75) is 26.3 Å². The summed E-state index contributed by atoms with van der Waals surface area (Å²) in [6.07, 6.45) is 0.321. The van der Waals surface area contributed by atoms with E-state index in [2.05, 4.69) is 15.6 Å². The highest BCUT2D eigenvalue weighted by atomic mass is 32.1. The highest BCUT2D eigenvalue weighted by molar-refractivity contribution is 7.22. The van der Waals surface area contributed by atoms with Crippen molar-refractivity contribution in [1.82, 2.24) is 10.3 Å². The van der Waals surface area contributed by atoms with Crippen LogP contribution in [0.4, 0.5) is 9.93 Å². The molecule has 0 aliphatic carbocycles. The van der Waals surface area contributed by atoms with Crippen LogP contribution in [0.3, 0.4) is 0 Å².